The maximum atomic E-state index is 14.0. The number of hydrogen-bond acceptors (Lipinski definition) is 2. The van der Waals surface area contributed by atoms with Crippen LogP contribution in [0.4, 0.5) is 14.5 Å². The Morgan fingerprint density at radius 1 is 1.22 bits per heavy atom. The van der Waals surface area contributed by atoms with E-state index in [4.69, 9.17) is 5.73 Å². The standard InChI is InChI=1S/C14H22F2N2/c1-4-6-18(5-2)14-12(15)8-11(7-10(3)17)9-13(14)16/h8-10H,4-7,17H2,1-3H3. The van der Waals surface area contributed by atoms with Crippen molar-refractivity contribution < 1.29 is 8.78 Å². The molecule has 4 heteroatoms. The van der Waals surface area contributed by atoms with Crippen LogP contribution in [0, 0.1) is 11.6 Å². The van der Waals surface area contributed by atoms with Gasteiger partial charge in [-0.1, -0.05) is 6.92 Å². The molecule has 0 spiro atoms. The van der Waals surface area contributed by atoms with Crippen LogP contribution >= 0.6 is 0 Å². The molecule has 0 aliphatic rings. The molecule has 1 unspecified atom stereocenters. The van der Waals surface area contributed by atoms with Crippen molar-refractivity contribution in [3.8, 4) is 0 Å². The molecule has 2 N–H and O–H groups in total. The summed E-state index contributed by atoms with van der Waals surface area (Å²) in [5.74, 6) is -0.998. The van der Waals surface area contributed by atoms with Crippen molar-refractivity contribution in [1.82, 2.24) is 0 Å². The Morgan fingerprint density at radius 3 is 2.17 bits per heavy atom. The third-order valence-corrected chi connectivity index (χ3v) is 2.83. The third-order valence-electron chi connectivity index (χ3n) is 2.83. The highest BCUT2D eigenvalue weighted by Gasteiger charge is 2.16. The van der Waals surface area contributed by atoms with Gasteiger partial charge in [-0.05, 0) is 44.4 Å². The summed E-state index contributed by atoms with van der Waals surface area (Å²) in [4.78, 5) is 1.72. The van der Waals surface area contributed by atoms with Crippen molar-refractivity contribution in [1.29, 1.82) is 0 Å². The summed E-state index contributed by atoms with van der Waals surface area (Å²) >= 11 is 0. The summed E-state index contributed by atoms with van der Waals surface area (Å²) in [6, 6.07) is 2.67. The number of benzene rings is 1. The van der Waals surface area contributed by atoms with Crippen LogP contribution in [0.15, 0.2) is 12.1 Å². The Bertz CT molecular complexity index is 368. The molecule has 0 aliphatic carbocycles. The topological polar surface area (TPSA) is 29.3 Å². The first-order valence-electron chi connectivity index (χ1n) is 6.48. The van der Waals surface area contributed by atoms with E-state index in [1.807, 2.05) is 20.8 Å². The van der Waals surface area contributed by atoms with Gasteiger partial charge in [0.05, 0.1) is 0 Å². The van der Waals surface area contributed by atoms with E-state index in [0.29, 0.717) is 25.1 Å². The zero-order valence-corrected chi connectivity index (χ0v) is 11.3. The van der Waals surface area contributed by atoms with Crippen LogP contribution in [-0.4, -0.2) is 19.1 Å². The molecular weight excluding hydrogens is 234 g/mol. The highest BCUT2D eigenvalue weighted by molar-refractivity contribution is 5.50. The summed E-state index contributed by atoms with van der Waals surface area (Å²) in [5, 5.41) is 0. The summed E-state index contributed by atoms with van der Waals surface area (Å²) in [6.07, 6.45) is 1.34. The number of nitrogens with two attached hydrogens (primary N) is 1. The first-order chi connectivity index (χ1) is 8.49. The fraction of sp³-hybridized carbons (Fsp3) is 0.571. The summed E-state index contributed by atoms with van der Waals surface area (Å²) < 4.78 is 28.0. The van der Waals surface area contributed by atoms with Crippen molar-refractivity contribution in [2.45, 2.75) is 39.7 Å². The van der Waals surface area contributed by atoms with Crippen LogP contribution in [-0.2, 0) is 6.42 Å². The van der Waals surface area contributed by atoms with E-state index in [-0.39, 0.29) is 11.7 Å². The quantitative estimate of drug-likeness (QED) is 0.847. The monoisotopic (exact) mass is 256 g/mol. The average molecular weight is 256 g/mol. The van der Waals surface area contributed by atoms with Crippen LogP contribution in [0.25, 0.3) is 0 Å². The molecule has 0 fully saturated rings. The molecule has 1 aromatic carbocycles. The van der Waals surface area contributed by atoms with E-state index in [0.717, 1.165) is 6.42 Å². The molecule has 0 bridgehead atoms. The van der Waals surface area contributed by atoms with Crippen molar-refractivity contribution >= 4 is 5.69 Å². The number of anilines is 1. The number of nitrogens with zero attached hydrogens (tertiary/aromatic N) is 1. The molecule has 0 amide bonds. The Labute approximate surface area is 108 Å². The molecular formula is C14H22F2N2. The van der Waals surface area contributed by atoms with Gasteiger partial charge in [-0.15, -0.1) is 0 Å². The third kappa shape index (κ3) is 3.67. The fourth-order valence-electron chi connectivity index (χ4n) is 2.11. The molecule has 0 radical (unpaired) electrons. The summed E-state index contributed by atoms with van der Waals surface area (Å²) in [5.41, 5.74) is 6.33. The predicted molar refractivity (Wildman–Crippen MR) is 71.9 cm³/mol. The van der Waals surface area contributed by atoms with Crippen molar-refractivity contribution in [3.05, 3.63) is 29.3 Å². The Balaban J connectivity index is 3.06. The van der Waals surface area contributed by atoms with Gasteiger partial charge < -0.3 is 10.6 Å². The SMILES string of the molecule is CCCN(CC)c1c(F)cc(CC(C)N)cc1F. The molecule has 102 valence electrons. The van der Waals surface area contributed by atoms with Gasteiger partial charge in [0.15, 0.2) is 0 Å². The largest absolute Gasteiger partial charge is 0.367 e. The lowest BCUT2D eigenvalue weighted by Gasteiger charge is -2.24. The van der Waals surface area contributed by atoms with Gasteiger partial charge in [0.2, 0.25) is 0 Å². The lowest BCUT2D eigenvalue weighted by molar-refractivity contribution is 0.565. The molecule has 0 saturated carbocycles. The lowest BCUT2D eigenvalue weighted by atomic mass is 10.1. The lowest BCUT2D eigenvalue weighted by Crippen LogP contribution is -2.26. The van der Waals surface area contributed by atoms with E-state index in [9.17, 15) is 8.78 Å². The minimum Gasteiger partial charge on any atom is -0.367 e. The summed E-state index contributed by atoms with van der Waals surface area (Å²) in [7, 11) is 0. The van der Waals surface area contributed by atoms with Crippen molar-refractivity contribution in [3.63, 3.8) is 0 Å². The maximum absolute atomic E-state index is 14.0. The minimum absolute atomic E-state index is 0.0766. The van der Waals surface area contributed by atoms with Gasteiger partial charge in [0.25, 0.3) is 0 Å². The first kappa shape index (κ1) is 14.9. The number of hydrogen-bond donors (Lipinski definition) is 1. The molecule has 0 aliphatic heterocycles. The van der Waals surface area contributed by atoms with Gasteiger partial charge in [0, 0.05) is 19.1 Å². The molecule has 1 rings (SSSR count). The number of halogens is 2. The number of rotatable bonds is 6. The second-order valence-corrected chi connectivity index (χ2v) is 4.67. The second kappa shape index (κ2) is 6.69. The van der Waals surface area contributed by atoms with Crippen LogP contribution in [0.2, 0.25) is 0 Å². The van der Waals surface area contributed by atoms with E-state index in [1.165, 1.54) is 12.1 Å². The smallest absolute Gasteiger partial charge is 0.149 e. The predicted octanol–water partition coefficient (Wildman–Crippen LogP) is 3.09. The van der Waals surface area contributed by atoms with Gasteiger partial charge in [-0.2, -0.15) is 0 Å². The Morgan fingerprint density at radius 2 is 1.78 bits per heavy atom. The average Bonchev–Trinajstić information content (AvgIpc) is 2.25. The zero-order chi connectivity index (χ0) is 13.7. The highest BCUT2D eigenvalue weighted by Crippen LogP contribution is 2.25. The van der Waals surface area contributed by atoms with Gasteiger partial charge in [-0.25, -0.2) is 8.78 Å². The van der Waals surface area contributed by atoms with E-state index in [1.54, 1.807) is 4.90 Å². The first-order valence-corrected chi connectivity index (χ1v) is 6.48. The van der Waals surface area contributed by atoms with Crippen molar-refractivity contribution in [2.24, 2.45) is 5.73 Å². The molecule has 0 heterocycles. The van der Waals surface area contributed by atoms with E-state index >= 15 is 0 Å². The molecule has 1 atom stereocenters. The molecule has 2 nitrogen and oxygen atoms in total. The summed E-state index contributed by atoms with van der Waals surface area (Å²) in [6.45, 7) is 6.94. The molecule has 0 aromatic heterocycles. The molecule has 1 aromatic rings. The minimum atomic E-state index is -0.499. The molecule has 0 saturated heterocycles. The second-order valence-electron chi connectivity index (χ2n) is 4.67. The van der Waals surface area contributed by atoms with Crippen LogP contribution in [0.5, 0.6) is 0 Å². The van der Waals surface area contributed by atoms with Crippen molar-refractivity contribution in [2.75, 3.05) is 18.0 Å². The van der Waals surface area contributed by atoms with E-state index < -0.39 is 11.6 Å². The van der Waals surface area contributed by atoms with Crippen LogP contribution in [0.3, 0.4) is 0 Å². The molecule has 18 heavy (non-hydrogen) atoms. The maximum Gasteiger partial charge on any atom is 0.149 e. The van der Waals surface area contributed by atoms with Crippen LogP contribution in [0.1, 0.15) is 32.8 Å². The Kier molecular flexibility index (Phi) is 5.54. The fourth-order valence-corrected chi connectivity index (χ4v) is 2.11. The van der Waals surface area contributed by atoms with E-state index in [2.05, 4.69) is 0 Å². The highest BCUT2D eigenvalue weighted by atomic mass is 19.1. The Hall–Kier alpha value is -1.16. The zero-order valence-electron chi connectivity index (χ0n) is 11.3. The van der Waals surface area contributed by atoms with Crippen LogP contribution < -0.4 is 10.6 Å². The van der Waals surface area contributed by atoms with Gasteiger partial charge >= 0.3 is 0 Å². The van der Waals surface area contributed by atoms with Gasteiger partial charge in [-0.3, -0.25) is 0 Å². The normalized spacial score (nSPS) is 12.6. The van der Waals surface area contributed by atoms with Gasteiger partial charge in [0.1, 0.15) is 17.3 Å².